The molecule has 3 rings (SSSR count). The molecule has 0 saturated carbocycles. The fourth-order valence-electron chi connectivity index (χ4n) is 2.58. The lowest BCUT2D eigenvalue weighted by atomic mass is 10.3. The highest BCUT2D eigenvalue weighted by Gasteiger charge is 2.19. The molecule has 0 fully saturated rings. The normalized spacial score (nSPS) is 12.2. The van der Waals surface area contributed by atoms with Crippen molar-refractivity contribution in [1.82, 2.24) is 20.2 Å². The van der Waals surface area contributed by atoms with E-state index in [2.05, 4.69) is 20.8 Å². The summed E-state index contributed by atoms with van der Waals surface area (Å²) < 4.78 is 42.7. The van der Waals surface area contributed by atoms with Gasteiger partial charge in [-0.1, -0.05) is 0 Å². The first-order valence-electron chi connectivity index (χ1n) is 9.55. The zero-order chi connectivity index (χ0) is 24.0. The molecule has 0 unspecified atom stereocenters. The lowest BCUT2D eigenvalue weighted by molar-refractivity contribution is -0.144. The number of thioether (sulfide) groups is 1. The number of halogens is 1. The van der Waals surface area contributed by atoms with Gasteiger partial charge in [-0.3, -0.25) is 9.59 Å². The number of amides is 1. The summed E-state index contributed by atoms with van der Waals surface area (Å²) in [6, 6.07) is 11.3. The maximum Gasteiger partial charge on any atom is 0.319 e. The Bertz CT molecular complexity index is 1230. The van der Waals surface area contributed by atoms with E-state index >= 15 is 0 Å². The lowest BCUT2D eigenvalue weighted by Crippen LogP contribution is -2.22. The lowest BCUT2D eigenvalue weighted by Gasteiger charge is -2.11. The molecule has 3 aromatic rings. The molecule has 1 heterocycles. The number of esters is 1. The van der Waals surface area contributed by atoms with Crippen LogP contribution in [0.15, 0.2) is 53.4 Å². The predicted molar refractivity (Wildman–Crippen MR) is 119 cm³/mol. The van der Waals surface area contributed by atoms with Gasteiger partial charge in [-0.2, -0.15) is 4.68 Å². The zero-order valence-corrected chi connectivity index (χ0v) is 19.3. The molecule has 0 spiro atoms. The molecule has 0 radical (unpaired) electrons. The molecule has 0 aliphatic rings. The van der Waals surface area contributed by atoms with E-state index in [4.69, 9.17) is 4.74 Å². The number of anilines is 1. The van der Waals surface area contributed by atoms with Crippen molar-refractivity contribution in [3.05, 3.63) is 60.2 Å². The van der Waals surface area contributed by atoms with Gasteiger partial charge < -0.3 is 10.1 Å². The summed E-state index contributed by atoms with van der Waals surface area (Å²) >= 11 is 1.08. The third kappa shape index (κ3) is 6.83. The molecule has 1 aromatic heterocycles. The predicted octanol–water partition coefficient (Wildman–Crippen LogP) is 2.01. The number of hydrogen-bond donors (Lipinski definition) is 1. The summed E-state index contributed by atoms with van der Waals surface area (Å²) in [5, 5.41) is 13.2. The van der Waals surface area contributed by atoms with Gasteiger partial charge in [0.2, 0.25) is 5.91 Å². The fraction of sp³-hybridized carbons (Fsp3) is 0.250. The second kappa shape index (κ2) is 10.5. The SMILES string of the molecule is C[C@H](SCC(=O)Nc1ccc(F)cc1)C(=O)OCc1nnnn1-c1ccc(S(C)(=O)=O)cc1. The molecule has 0 aliphatic carbocycles. The van der Waals surface area contributed by atoms with Crippen molar-refractivity contribution in [3.63, 3.8) is 0 Å². The number of benzene rings is 2. The van der Waals surface area contributed by atoms with Crippen LogP contribution in [0.3, 0.4) is 0 Å². The average molecular weight is 494 g/mol. The minimum absolute atomic E-state index is 0.00192. The number of carbonyl (C=O) groups is 2. The number of hydrogen-bond acceptors (Lipinski definition) is 9. The van der Waals surface area contributed by atoms with Crippen LogP contribution in [0.4, 0.5) is 10.1 Å². The van der Waals surface area contributed by atoms with E-state index in [1.807, 2.05) is 0 Å². The molecule has 0 bridgehead atoms. The van der Waals surface area contributed by atoms with E-state index in [-0.39, 0.29) is 29.0 Å². The van der Waals surface area contributed by atoms with Crippen molar-refractivity contribution in [1.29, 1.82) is 0 Å². The first kappa shape index (κ1) is 24.3. The summed E-state index contributed by atoms with van der Waals surface area (Å²) in [6.45, 7) is 1.39. The number of sulfone groups is 1. The van der Waals surface area contributed by atoms with Crippen molar-refractivity contribution < 1.29 is 27.1 Å². The minimum Gasteiger partial charge on any atom is -0.457 e. The van der Waals surface area contributed by atoms with Gasteiger partial charge in [-0.15, -0.1) is 16.9 Å². The molecule has 1 N–H and O–H groups in total. The Hall–Kier alpha value is -3.32. The summed E-state index contributed by atoms with van der Waals surface area (Å²) in [4.78, 5) is 24.5. The van der Waals surface area contributed by atoms with Gasteiger partial charge in [0, 0.05) is 11.9 Å². The molecule has 0 aliphatic heterocycles. The number of tetrazole rings is 1. The number of nitrogens with zero attached hydrogens (tertiary/aromatic N) is 4. The van der Waals surface area contributed by atoms with Gasteiger partial charge in [-0.05, 0) is 65.9 Å². The topological polar surface area (TPSA) is 133 Å². The van der Waals surface area contributed by atoms with Crippen LogP contribution in [0.1, 0.15) is 12.7 Å². The quantitative estimate of drug-likeness (QED) is 0.444. The van der Waals surface area contributed by atoms with E-state index in [1.54, 1.807) is 6.92 Å². The van der Waals surface area contributed by atoms with E-state index < -0.39 is 26.9 Å². The van der Waals surface area contributed by atoms with Crippen molar-refractivity contribution in [2.24, 2.45) is 0 Å². The molecule has 2 aromatic carbocycles. The smallest absolute Gasteiger partial charge is 0.319 e. The summed E-state index contributed by atoms with van der Waals surface area (Å²) in [6.07, 6.45) is 1.11. The van der Waals surface area contributed by atoms with E-state index in [0.717, 1.165) is 18.0 Å². The van der Waals surface area contributed by atoms with Gasteiger partial charge in [0.25, 0.3) is 0 Å². The highest BCUT2D eigenvalue weighted by molar-refractivity contribution is 8.01. The molecule has 0 saturated heterocycles. The Kier molecular flexibility index (Phi) is 7.76. The Morgan fingerprint density at radius 2 is 1.82 bits per heavy atom. The van der Waals surface area contributed by atoms with Crippen molar-refractivity contribution >= 4 is 39.2 Å². The minimum atomic E-state index is -3.34. The van der Waals surface area contributed by atoms with Crippen LogP contribution in [0.5, 0.6) is 0 Å². The number of nitrogens with one attached hydrogen (secondary N) is 1. The summed E-state index contributed by atoms with van der Waals surface area (Å²) in [5.41, 5.74) is 0.951. The zero-order valence-electron chi connectivity index (χ0n) is 17.6. The molecule has 1 amide bonds. The highest BCUT2D eigenvalue weighted by Crippen LogP contribution is 2.17. The summed E-state index contributed by atoms with van der Waals surface area (Å²) in [5.74, 6) is -1.07. The Morgan fingerprint density at radius 3 is 2.45 bits per heavy atom. The monoisotopic (exact) mass is 493 g/mol. The van der Waals surface area contributed by atoms with Crippen molar-refractivity contribution in [2.45, 2.75) is 23.7 Å². The van der Waals surface area contributed by atoms with Crippen LogP contribution in [0.2, 0.25) is 0 Å². The largest absolute Gasteiger partial charge is 0.457 e. The van der Waals surface area contributed by atoms with Gasteiger partial charge in [-0.25, -0.2) is 12.8 Å². The van der Waals surface area contributed by atoms with Gasteiger partial charge >= 0.3 is 5.97 Å². The fourth-order valence-corrected chi connectivity index (χ4v) is 3.89. The van der Waals surface area contributed by atoms with Crippen LogP contribution < -0.4 is 5.32 Å². The van der Waals surface area contributed by atoms with Gasteiger partial charge in [0.05, 0.1) is 16.3 Å². The molecule has 174 valence electrons. The number of aromatic nitrogens is 4. The third-order valence-corrected chi connectivity index (χ3v) is 6.56. The average Bonchev–Trinajstić information content (AvgIpc) is 3.25. The molecule has 33 heavy (non-hydrogen) atoms. The molecule has 13 heteroatoms. The highest BCUT2D eigenvalue weighted by atomic mass is 32.2. The second-order valence-corrected chi connectivity index (χ2v) is 10.2. The van der Waals surface area contributed by atoms with Crippen LogP contribution in [-0.2, 0) is 30.8 Å². The van der Waals surface area contributed by atoms with E-state index in [0.29, 0.717) is 11.4 Å². The number of carbonyl (C=O) groups excluding carboxylic acids is 2. The van der Waals surface area contributed by atoms with Crippen LogP contribution in [0, 0.1) is 5.82 Å². The molecule has 1 atom stereocenters. The number of rotatable bonds is 9. The van der Waals surface area contributed by atoms with Gasteiger partial charge in [0.15, 0.2) is 22.3 Å². The Labute approximate surface area is 193 Å². The van der Waals surface area contributed by atoms with E-state index in [9.17, 15) is 22.4 Å². The van der Waals surface area contributed by atoms with Crippen LogP contribution in [-0.4, -0.2) is 57.8 Å². The Morgan fingerprint density at radius 1 is 1.15 bits per heavy atom. The molecule has 10 nitrogen and oxygen atoms in total. The molecular formula is C20H20FN5O5S2. The van der Waals surface area contributed by atoms with Crippen LogP contribution in [0.25, 0.3) is 5.69 Å². The first-order chi connectivity index (χ1) is 15.6. The number of ether oxygens (including phenoxy) is 1. The summed E-state index contributed by atoms with van der Waals surface area (Å²) in [7, 11) is -3.34. The van der Waals surface area contributed by atoms with Crippen LogP contribution >= 0.6 is 11.8 Å². The van der Waals surface area contributed by atoms with E-state index in [1.165, 1.54) is 53.2 Å². The maximum atomic E-state index is 12.9. The van der Waals surface area contributed by atoms with Crippen molar-refractivity contribution in [2.75, 3.05) is 17.3 Å². The Balaban J connectivity index is 1.51. The van der Waals surface area contributed by atoms with Crippen molar-refractivity contribution in [3.8, 4) is 5.69 Å². The molecular weight excluding hydrogens is 473 g/mol. The van der Waals surface area contributed by atoms with Gasteiger partial charge in [0.1, 0.15) is 11.1 Å². The first-order valence-corrected chi connectivity index (χ1v) is 12.5. The standard InChI is InChI=1S/C20H20FN5O5S2/c1-13(32-12-19(27)22-15-5-3-14(21)4-6-15)20(28)31-11-18-23-24-25-26(18)16-7-9-17(10-8-16)33(2,29)30/h3-10,13H,11-12H2,1-2H3,(H,22,27)/t13-/m0/s1. The third-order valence-electron chi connectivity index (χ3n) is 4.31. The second-order valence-electron chi connectivity index (χ2n) is 6.89. The maximum absolute atomic E-state index is 12.9.